The van der Waals surface area contributed by atoms with E-state index in [0.717, 1.165) is 54.9 Å². The number of aromatic nitrogens is 2. The van der Waals surface area contributed by atoms with Gasteiger partial charge in [-0.15, -0.1) is 11.3 Å². The Labute approximate surface area is 218 Å². The molecule has 3 heterocycles. The third-order valence-electron chi connectivity index (χ3n) is 6.95. The van der Waals surface area contributed by atoms with Crippen LogP contribution in [0.15, 0.2) is 35.4 Å². The lowest BCUT2D eigenvalue weighted by Gasteiger charge is -2.36. The molecule has 5 rings (SSSR count). The van der Waals surface area contributed by atoms with E-state index in [9.17, 15) is 14.4 Å². The van der Waals surface area contributed by atoms with Crippen LogP contribution in [0.5, 0.6) is 0 Å². The van der Waals surface area contributed by atoms with Gasteiger partial charge in [0.05, 0.1) is 11.7 Å². The first kappa shape index (κ1) is 24.8. The zero-order valence-corrected chi connectivity index (χ0v) is 21.7. The fourth-order valence-corrected chi connectivity index (χ4v) is 6.42. The number of anilines is 1. The number of rotatable bonds is 7. The van der Waals surface area contributed by atoms with Crippen molar-refractivity contribution < 1.29 is 9.59 Å². The number of thiophene rings is 1. The molecule has 1 aliphatic heterocycles. The smallest absolute Gasteiger partial charge is 0.262 e. The molecule has 0 saturated carbocycles. The average Bonchev–Trinajstić information content (AvgIpc) is 3.28. The summed E-state index contributed by atoms with van der Waals surface area (Å²) < 4.78 is 1.39. The minimum absolute atomic E-state index is 0.0637. The van der Waals surface area contributed by atoms with Crippen LogP contribution < -0.4 is 15.8 Å². The topological polar surface area (TPSA) is 87.5 Å². The van der Waals surface area contributed by atoms with E-state index >= 15 is 0 Å². The SMILES string of the molecule is O=C(Cn1cnc2sc3c(c2c1=O)CCCC3)NCCCC(=O)N1CCN(c2cccc(Cl)c2)CC1. The van der Waals surface area contributed by atoms with Crippen molar-refractivity contribution in [1.29, 1.82) is 0 Å². The number of hydrogen-bond acceptors (Lipinski definition) is 6. The molecule has 1 aromatic carbocycles. The summed E-state index contributed by atoms with van der Waals surface area (Å²) in [7, 11) is 0. The number of nitrogens with zero attached hydrogens (tertiary/aromatic N) is 4. The number of piperazine rings is 1. The van der Waals surface area contributed by atoms with Gasteiger partial charge in [0.25, 0.3) is 5.56 Å². The highest BCUT2D eigenvalue weighted by Gasteiger charge is 2.22. The van der Waals surface area contributed by atoms with Gasteiger partial charge in [-0.25, -0.2) is 4.98 Å². The number of halogens is 1. The molecule has 10 heteroatoms. The molecular formula is C26H30ClN5O3S. The van der Waals surface area contributed by atoms with Gasteiger partial charge in [0.15, 0.2) is 0 Å². The third-order valence-corrected chi connectivity index (χ3v) is 8.39. The molecule has 3 aromatic rings. The van der Waals surface area contributed by atoms with Crippen LogP contribution in [0.1, 0.15) is 36.1 Å². The molecule has 190 valence electrons. The molecule has 2 aliphatic rings. The van der Waals surface area contributed by atoms with Gasteiger partial charge in [-0.05, 0) is 55.9 Å². The highest BCUT2D eigenvalue weighted by atomic mass is 35.5. The summed E-state index contributed by atoms with van der Waals surface area (Å²) >= 11 is 7.70. The van der Waals surface area contributed by atoms with Crippen LogP contribution >= 0.6 is 22.9 Å². The summed E-state index contributed by atoms with van der Waals surface area (Å²) in [6, 6.07) is 7.76. The first-order valence-corrected chi connectivity index (χ1v) is 13.7. The average molecular weight is 528 g/mol. The molecular weight excluding hydrogens is 498 g/mol. The quantitative estimate of drug-likeness (QED) is 0.477. The van der Waals surface area contributed by atoms with E-state index in [2.05, 4.69) is 15.2 Å². The molecule has 0 spiro atoms. The van der Waals surface area contributed by atoms with Gasteiger partial charge in [-0.1, -0.05) is 17.7 Å². The minimum Gasteiger partial charge on any atom is -0.368 e. The Balaban J connectivity index is 1.06. The lowest BCUT2D eigenvalue weighted by Crippen LogP contribution is -2.48. The van der Waals surface area contributed by atoms with Crippen molar-refractivity contribution in [1.82, 2.24) is 19.8 Å². The van der Waals surface area contributed by atoms with E-state index < -0.39 is 0 Å². The lowest BCUT2D eigenvalue weighted by atomic mass is 9.97. The Kier molecular flexibility index (Phi) is 7.57. The van der Waals surface area contributed by atoms with Crippen LogP contribution in [-0.4, -0.2) is 59.0 Å². The Morgan fingerprint density at radius 3 is 2.72 bits per heavy atom. The fourth-order valence-electron chi connectivity index (χ4n) is 5.02. The summed E-state index contributed by atoms with van der Waals surface area (Å²) in [6.45, 7) is 3.20. The number of carbonyl (C=O) groups excluding carboxylic acids is 2. The summed E-state index contributed by atoms with van der Waals surface area (Å²) in [5.74, 6) is -0.145. The Hall–Kier alpha value is -2.91. The van der Waals surface area contributed by atoms with Crippen LogP contribution in [0.3, 0.4) is 0 Å². The van der Waals surface area contributed by atoms with Gasteiger partial charge in [0.2, 0.25) is 11.8 Å². The van der Waals surface area contributed by atoms with Crippen molar-refractivity contribution in [2.75, 3.05) is 37.6 Å². The lowest BCUT2D eigenvalue weighted by molar-refractivity contribution is -0.131. The summed E-state index contributed by atoms with van der Waals surface area (Å²) in [6.07, 6.45) is 6.56. The third kappa shape index (κ3) is 5.42. The van der Waals surface area contributed by atoms with Gasteiger partial charge in [-0.2, -0.15) is 0 Å². The number of nitrogens with one attached hydrogen (secondary N) is 1. The van der Waals surface area contributed by atoms with Gasteiger partial charge in [-0.3, -0.25) is 19.0 Å². The number of aryl methyl sites for hydroxylation is 2. The summed E-state index contributed by atoms with van der Waals surface area (Å²) in [4.78, 5) is 48.7. The molecule has 1 N–H and O–H groups in total. The van der Waals surface area contributed by atoms with Crippen LogP contribution in [-0.2, 0) is 29.0 Å². The number of carbonyl (C=O) groups is 2. The van der Waals surface area contributed by atoms with Crippen molar-refractivity contribution in [3.63, 3.8) is 0 Å². The highest BCUT2D eigenvalue weighted by molar-refractivity contribution is 7.18. The van der Waals surface area contributed by atoms with Gasteiger partial charge < -0.3 is 15.1 Å². The van der Waals surface area contributed by atoms with Crippen molar-refractivity contribution >= 4 is 50.7 Å². The second-order valence-corrected chi connectivity index (χ2v) is 10.9. The molecule has 1 saturated heterocycles. The zero-order chi connectivity index (χ0) is 25.1. The van der Waals surface area contributed by atoms with E-state index in [1.165, 1.54) is 15.8 Å². The number of fused-ring (bicyclic) bond motifs is 3. The molecule has 8 nitrogen and oxygen atoms in total. The Bertz CT molecular complexity index is 1330. The normalized spacial score (nSPS) is 15.7. The second kappa shape index (κ2) is 11.0. The molecule has 0 bridgehead atoms. The van der Waals surface area contributed by atoms with Crippen molar-refractivity contribution in [2.24, 2.45) is 0 Å². The molecule has 0 atom stereocenters. The molecule has 0 unspecified atom stereocenters. The largest absolute Gasteiger partial charge is 0.368 e. The standard InChI is InChI=1S/C26H30ClN5O3S/c27-18-5-3-6-19(15-18)30-11-13-31(14-12-30)23(34)9-4-10-28-22(33)16-32-17-29-25-24(26(32)35)20-7-1-2-8-21(20)36-25/h3,5-6,15,17H,1-2,4,7-14,16H2,(H,28,33). The van der Waals surface area contributed by atoms with E-state index in [1.54, 1.807) is 11.3 Å². The van der Waals surface area contributed by atoms with Crippen LogP contribution in [0.25, 0.3) is 10.2 Å². The number of amides is 2. The molecule has 2 aromatic heterocycles. The van der Waals surface area contributed by atoms with Gasteiger partial charge in [0.1, 0.15) is 11.4 Å². The Morgan fingerprint density at radius 2 is 1.92 bits per heavy atom. The van der Waals surface area contributed by atoms with E-state index in [1.807, 2.05) is 29.2 Å². The molecule has 1 fully saturated rings. The monoisotopic (exact) mass is 527 g/mol. The van der Waals surface area contributed by atoms with Crippen LogP contribution in [0.2, 0.25) is 5.02 Å². The first-order valence-electron chi connectivity index (χ1n) is 12.5. The van der Waals surface area contributed by atoms with Crippen molar-refractivity contribution in [2.45, 2.75) is 45.1 Å². The van der Waals surface area contributed by atoms with Gasteiger partial charge >= 0.3 is 0 Å². The van der Waals surface area contributed by atoms with E-state index in [-0.39, 0.29) is 23.9 Å². The van der Waals surface area contributed by atoms with Crippen molar-refractivity contribution in [3.05, 3.63) is 56.4 Å². The summed E-state index contributed by atoms with van der Waals surface area (Å²) in [5, 5.41) is 4.23. The molecule has 0 radical (unpaired) electrons. The minimum atomic E-state index is -0.245. The molecule has 1 aliphatic carbocycles. The van der Waals surface area contributed by atoms with E-state index in [4.69, 9.17) is 11.6 Å². The van der Waals surface area contributed by atoms with Crippen molar-refractivity contribution in [3.8, 4) is 0 Å². The van der Waals surface area contributed by atoms with E-state index in [0.29, 0.717) is 42.9 Å². The Morgan fingerprint density at radius 1 is 1.11 bits per heavy atom. The highest BCUT2D eigenvalue weighted by Crippen LogP contribution is 2.33. The second-order valence-electron chi connectivity index (χ2n) is 9.37. The maximum Gasteiger partial charge on any atom is 0.262 e. The van der Waals surface area contributed by atoms with Crippen LogP contribution in [0.4, 0.5) is 5.69 Å². The van der Waals surface area contributed by atoms with Gasteiger partial charge in [0, 0.05) is 54.7 Å². The maximum atomic E-state index is 13.0. The summed E-state index contributed by atoms with van der Waals surface area (Å²) in [5.41, 5.74) is 2.06. The predicted molar refractivity (Wildman–Crippen MR) is 143 cm³/mol. The molecule has 36 heavy (non-hydrogen) atoms. The molecule has 2 amide bonds. The van der Waals surface area contributed by atoms with Crippen LogP contribution in [0, 0.1) is 0 Å². The predicted octanol–water partition coefficient (Wildman–Crippen LogP) is 3.24. The fraction of sp³-hybridized carbons (Fsp3) is 0.462. The number of hydrogen-bond donors (Lipinski definition) is 1. The maximum absolute atomic E-state index is 13.0. The zero-order valence-electron chi connectivity index (χ0n) is 20.2. The number of benzene rings is 1. The first-order chi connectivity index (χ1) is 17.5.